The second-order valence-electron chi connectivity index (χ2n) is 4.30. The molecule has 0 aromatic heterocycles. The Kier molecular flexibility index (Phi) is 3.90. The molecule has 0 radical (unpaired) electrons. The number of hydrazone groups is 1. The van der Waals surface area contributed by atoms with Gasteiger partial charge in [-0.1, -0.05) is 0 Å². The molecule has 16 heavy (non-hydrogen) atoms. The number of nitrogens with one attached hydrogen (secondary N) is 1. The summed E-state index contributed by atoms with van der Waals surface area (Å²) in [5.41, 5.74) is 1.16. The van der Waals surface area contributed by atoms with E-state index in [2.05, 4.69) is 15.3 Å². The van der Waals surface area contributed by atoms with Crippen molar-refractivity contribution >= 4 is 11.6 Å². The number of carbonyl (C=O) groups excluding carboxylic acids is 1. The molecule has 0 spiro atoms. The van der Waals surface area contributed by atoms with Crippen LogP contribution in [0.3, 0.4) is 0 Å². The molecule has 0 aliphatic carbocycles. The Morgan fingerprint density at radius 3 is 2.75 bits per heavy atom. The molecular formula is C11H20N4O. The lowest BCUT2D eigenvalue weighted by molar-refractivity contribution is -0.131. The van der Waals surface area contributed by atoms with Crippen LogP contribution in [-0.2, 0) is 4.79 Å². The van der Waals surface area contributed by atoms with Crippen molar-refractivity contribution in [2.75, 3.05) is 39.3 Å². The Bertz CT molecular complexity index is 284. The standard InChI is InChI=1S/C11H20N4O/c1-2-15-11(16)4-3-10(13-15)9-14-7-5-12-6-8-14/h12H,2-9H2,1H3. The van der Waals surface area contributed by atoms with E-state index in [9.17, 15) is 4.79 Å². The third kappa shape index (κ3) is 2.80. The predicted octanol–water partition coefficient (Wildman–Crippen LogP) is -0.110. The maximum Gasteiger partial charge on any atom is 0.243 e. The van der Waals surface area contributed by atoms with Crippen LogP contribution < -0.4 is 5.32 Å². The number of amides is 1. The minimum Gasteiger partial charge on any atom is -0.314 e. The summed E-state index contributed by atoms with van der Waals surface area (Å²) >= 11 is 0. The van der Waals surface area contributed by atoms with Crippen molar-refractivity contribution in [3.8, 4) is 0 Å². The highest BCUT2D eigenvalue weighted by Gasteiger charge is 2.20. The van der Waals surface area contributed by atoms with E-state index in [4.69, 9.17) is 0 Å². The van der Waals surface area contributed by atoms with Gasteiger partial charge in [-0.2, -0.15) is 5.10 Å². The van der Waals surface area contributed by atoms with E-state index in [1.54, 1.807) is 5.01 Å². The van der Waals surface area contributed by atoms with Crippen LogP contribution in [0.2, 0.25) is 0 Å². The van der Waals surface area contributed by atoms with Crippen molar-refractivity contribution < 1.29 is 4.79 Å². The summed E-state index contributed by atoms with van der Waals surface area (Å²) in [5, 5.41) is 9.34. The quantitative estimate of drug-likeness (QED) is 0.727. The molecule has 5 heteroatoms. The fourth-order valence-electron chi connectivity index (χ4n) is 2.14. The molecule has 2 aliphatic heterocycles. The number of hydrogen-bond donors (Lipinski definition) is 1. The molecule has 0 saturated carbocycles. The lowest BCUT2D eigenvalue weighted by Crippen LogP contribution is -2.46. The van der Waals surface area contributed by atoms with E-state index in [1.807, 2.05) is 6.92 Å². The van der Waals surface area contributed by atoms with Gasteiger partial charge in [0.25, 0.3) is 0 Å². The van der Waals surface area contributed by atoms with Crippen LogP contribution in [0.25, 0.3) is 0 Å². The van der Waals surface area contributed by atoms with Gasteiger partial charge in [0.2, 0.25) is 5.91 Å². The molecule has 2 aliphatic rings. The molecule has 1 saturated heterocycles. The average molecular weight is 224 g/mol. The van der Waals surface area contributed by atoms with Crippen LogP contribution in [0, 0.1) is 0 Å². The molecule has 0 unspecified atom stereocenters. The van der Waals surface area contributed by atoms with Crippen LogP contribution >= 0.6 is 0 Å². The summed E-state index contributed by atoms with van der Waals surface area (Å²) in [5.74, 6) is 0.159. The lowest BCUT2D eigenvalue weighted by atomic mass is 10.1. The zero-order valence-electron chi connectivity index (χ0n) is 9.91. The summed E-state index contributed by atoms with van der Waals surface area (Å²) in [6, 6.07) is 0. The first-order valence-corrected chi connectivity index (χ1v) is 6.09. The molecule has 0 atom stereocenters. The van der Waals surface area contributed by atoms with E-state index in [0.717, 1.165) is 44.9 Å². The number of carbonyl (C=O) groups is 1. The Hall–Kier alpha value is -0.940. The van der Waals surface area contributed by atoms with Gasteiger partial charge >= 0.3 is 0 Å². The molecule has 1 amide bonds. The van der Waals surface area contributed by atoms with E-state index < -0.39 is 0 Å². The van der Waals surface area contributed by atoms with Crippen molar-refractivity contribution in [3.05, 3.63) is 0 Å². The van der Waals surface area contributed by atoms with Crippen LogP contribution in [0.15, 0.2) is 5.10 Å². The van der Waals surface area contributed by atoms with Gasteiger partial charge in [-0.05, 0) is 13.3 Å². The van der Waals surface area contributed by atoms with Crippen molar-refractivity contribution in [2.24, 2.45) is 5.10 Å². The molecular weight excluding hydrogens is 204 g/mol. The van der Waals surface area contributed by atoms with Crippen molar-refractivity contribution in [1.82, 2.24) is 15.2 Å². The number of rotatable bonds is 3. The van der Waals surface area contributed by atoms with Crippen molar-refractivity contribution in [2.45, 2.75) is 19.8 Å². The second kappa shape index (κ2) is 5.41. The highest BCUT2D eigenvalue weighted by Crippen LogP contribution is 2.10. The van der Waals surface area contributed by atoms with Gasteiger partial charge in [-0.25, -0.2) is 5.01 Å². The van der Waals surface area contributed by atoms with Gasteiger partial charge in [0, 0.05) is 45.7 Å². The van der Waals surface area contributed by atoms with Gasteiger partial charge < -0.3 is 5.32 Å². The maximum absolute atomic E-state index is 11.5. The van der Waals surface area contributed by atoms with Gasteiger partial charge in [-0.15, -0.1) is 0 Å². The van der Waals surface area contributed by atoms with Crippen LogP contribution in [-0.4, -0.2) is 60.8 Å². The molecule has 0 aromatic rings. The summed E-state index contributed by atoms with van der Waals surface area (Å²) < 4.78 is 0. The van der Waals surface area contributed by atoms with Crippen LogP contribution in [0.1, 0.15) is 19.8 Å². The molecule has 90 valence electrons. The summed E-state index contributed by atoms with van der Waals surface area (Å²) in [4.78, 5) is 13.9. The molecule has 5 nitrogen and oxygen atoms in total. The molecule has 0 aromatic carbocycles. The highest BCUT2D eigenvalue weighted by atomic mass is 16.2. The van der Waals surface area contributed by atoms with Gasteiger partial charge in [0.15, 0.2) is 0 Å². The fourth-order valence-corrected chi connectivity index (χ4v) is 2.14. The summed E-state index contributed by atoms with van der Waals surface area (Å²) in [6.45, 7) is 7.86. The minimum atomic E-state index is 0.159. The van der Waals surface area contributed by atoms with E-state index in [1.165, 1.54) is 0 Å². The number of hydrogen-bond acceptors (Lipinski definition) is 4. The van der Waals surface area contributed by atoms with Crippen molar-refractivity contribution in [3.63, 3.8) is 0 Å². The lowest BCUT2D eigenvalue weighted by Gasteiger charge is -2.29. The topological polar surface area (TPSA) is 47.9 Å². The zero-order chi connectivity index (χ0) is 11.4. The van der Waals surface area contributed by atoms with Crippen LogP contribution in [0.4, 0.5) is 0 Å². The largest absolute Gasteiger partial charge is 0.314 e. The van der Waals surface area contributed by atoms with Gasteiger partial charge in [0.1, 0.15) is 0 Å². The summed E-state index contributed by atoms with van der Waals surface area (Å²) in [6.07, 6.45) is 1.46. The first-order valence-electron chi connectivity index (χ1n) is 6.09. The van der Waals surface area contributed by atoms with E-state index in [-0.39, 0.29) is 5.91 Å². The number of piperazine rings is 1. The molecule has 2 rings (SSSR count). The van der Waals surface area contributed by atoms with Gasteiger partial charge in [0.05, 0.1) is 5.71 Å². The highest BCUT2D eigenvalue weighted by molar-refractivity contribution is 5.93. The predicted molar refractivity (Wildman–Crippen MR) is 63.4 cm³/mol. The third-order valence-electron chi connectivity index (χ3n) is 3.09. The number of nitrogens with zero attached hydrogens (tertiary/aromatic N) is 3. The maximum atomic E-state index is 11.5. The Morgan fingerprint density at radius 1 is 1.31 bits per heavy atom. The fraction of sp³-hybridized carbons (Fsp3) is 0.818. The smallest absolute Gasteiger partial charge is 0.243 e. The van der Waals surface area contributed by atoms with E-state index in [0.29, 0.717) is 13.0 Å². The Morgan fingerprint density at radius 2 is 2.06 bits per heavy atom. The zero-order valence-corrected chi connectivity index (χ0v) is 9.91. The molecule has 0 bridgehead atoms. The summed E-state index contributed by atoms with van der Waals surface area (Å²) in [7, 11) is 0. The minimum absolute atomic E-state index is 0.159. The van der Waals surface area contributed by atoms with Gasteiger partial charge in [-0.3, -0.25) is 9.69 Å². The second-order valence-corrected chi connectivity index (χ2v) is 4.30. The van der Waals surface area contributed by atoms with E-state index >= 15 is 0 Å². The average Bonchev–Trinajstić information content (AvgIpc) is 2.33. The Labute approximate surface area is 96.5 Å². The molecule has 2 heterocycles. The monoisotopic (exact) mass is 224 g/mol. The normalized spacial score (nSPS) is 23.4. The Balaban J connectivity index is 1.91. The molecule has 1 fully saturated rings. The molecule has 1 N–H and O–H groups in total. The SMILES string of the molecule is CCN1N=C(CN2CCNCC2)CCC1=O. The van der Waals surface area contributed by atoms with Crippen LogP contribution in [0.5, 0.6) is 0 Å². The van der Waals surface area contributed by atoms with Crippen molar-refractivity contribution in [1.29, 1.82) is 0 Å². The third-order valence-corrected chi connectivity index (χ3v) is 3.09. The first kappa shape index (κ1) is 11.5. The first-order chi connectivity index (χ1) is 7.79.